The van der Waals surface area contributed by atoms with E-state index in [1.54, 1.807) is 0 Å². The molecule has 124 valence electrons. The fourth-order valence-corrected chi connectivity index (χ4v) is 4.32. The Morgan fingerprint density at radius 3 is 2.90 bits per heavy atom. The van der Waals surface area contributed by atoms with Gasteiger partial charge in [0.25, 0.3) is 0 Å². The number of nitrogens with one attached hydrogen (secondary N) is 2. The Balaban J connectivity index is 0.00000161. The van der Waals surface area contributed by atoms with Crippen molar-refractivity contribution in [2.45, 2.75) is 57.2 Å². The van der Waals surface area contributed by atoms with Crippen molar-refractivity contribution in [2.75, 3.05) is 39.4 Å². The van der Waals surface area contributed by atoms with Crippen LogP contribution in [0.25, 0.3) is 0 Å². The van der Waals surface area contributed by atoms with Crippen LogP contribution in [0.2, 0.25) is 0 Å². The van der Waals surface area contributed by atoms with Crippen LogP contribution in [0.4, 0.5) is 0 Å². The number of piperidine rings is 1. The molecule has 3 aliphatic rings. The quantitative estimate of drug-likeness (QED) is 0.826. The Morgan fingerprint density at radius 2 is 2.14 bits per heavy atom. The smallest absolute Gasteiger partial charge is 0.0623 e. The molecule has 0 radical (unpaired) electrons. The largest absolute Gasteiger partial charge is 0.379 e. The van der Waals surface area contributed by atoms with E-state index in [2.05, 4.69) is 22.5 Å². The van der Waals surface area contributed by atoms with Gasteiger partial charge in [0, 0.05) is 31.2 Å². The van der Waals surface area contributed by atoms with Gasteiger partial charge < -0.3 is 20.3 Å². The van der Waals surface area contributed by atoms with Crippen molar-refractivity contribution in [3.05, 3.63) is 0 Å². The summed E-state index contributed by atoms with van der Waals surface area (Å²) in [7, 11) is 0. The van der Waals surface area contributed by atoms with Crippen LogP contribution < -0.4 is 10.6 Å². The summed E-state index contributed by atoms with van der Waals surface area (Å²) in [4.78, 5) is 2.59. The van der Waals surface area contributed by atoms with Crippen molar-refractivity contribution in [3.8, 4) is 0 Å². The average molecular weight is 318 g/mol. The summed E-state index contributed by atoms with van der Waals surface area (Å²) in [5.74, 6) is 0.771. The summed E-state index contributed by atoms with van der Waals surface area (Å²) in [6, 6.07) is 1.99. The van der Waals surface area contributed by atoms with Gasteiger partial charge in [-0.15, -0.1) is 12.4 Å². The highest BCUT2D eigenvalue weighted by molar-refractivity contribution is 5.85. The molecule has 0 amide bonds. The number of hydrogen-bond donors (Lipinski definition) is 2. The predicted molar refractivity (Wildman–Crippen MR) is 89.3 cm³/mol. The minimum Gasteiger partial charge on any atom is -0.379 e. The molecule has 1 saturated carbocycles. The maximum absolute atomic E-state index is 5.67. The lowest BCUT2D eigenvalue weighted by Gasteiger charge is -2.38. The van der Waals surface area contributed by atoms with Gasteiger partial charge in [0.1, 0.15) is 0 Å². The molecule has 4 unspecified atom stereocenters. The molecule has 3 rings (SSSR count). The van der Waals surface area contributed by atoms with E-state index in [-0.39, 0.29) is 12.4 Å². The Hall–Kier alpha value is 0.130. The molecule has 0 aromatic rings. The summed E-state index contributed by atoms with van der Waals surface area (Å²) in [6.45, 7) is 8.84. The van der Waals surface area contributed by atoms with Crippen LogP contribution in [0.3, 0.4) is 0 Å². The van der Waals surface area contributed by atoms with E-state index in [0.29, 0.717) is 18.1 Å². The van der Waals surface area contributed by atoms with Crippen LogP contribution in [0, 0.1) is 5.92 Å². The van der Waals surface area contributed by atoms with E-state index in [9.17, 15) is 0 Å². The second kappa shape index (κ2) is 8.68. The molecule has 0 aromatic heterocycles. The molecule has 21 heavy (non-hydrogen) atoms. The van der Waals surface area contributed by atoms with Crippen LogP contribution in [0.1, 0.15) is 39.0 Å². The summed E-state index contributed by atoms with van der Waals surface area (Å²) in [6.07, 6.45) is 6.81. The Kier molecular flexibility index (Phi) is 7.23. The Bertz CT molecular complexity index is 299. The average Bonchev–Trinajstić information content (AvgIpc) is 2.96. The number of likely N-dealkylation sites (N-methyl/N-ethyl adjacent to an activating group) is 1. The van der Waals surface area contributed by atoms with Gasteiger partial charge in [0.15, 0.2) is 0 Å². The van der Waals surface area contributed by atoms with E-state index in [0.717, 1.165) is 25.7 Å². The second-order valence-electron chi connectivity index (χ2n) is 6.74. The zero-order chi connectivity index (χ0) is 13.8. The summed E-state index contributed by atoms with van der Waals surface area (Å²) >= 11 is 0. The highest BCUT2D eigenvalue weighted by atomic mass is 35.5. The topological polar surface area (TPSA) is 36.5 Å². The molecule has 0 aromatic carbocycles. The Labute approximate surface area is 135 Å². The number of ether oxygens (including phenoxy) is 1. The van der Waals surface area contributed by atoms with Crippen molar-refractivity contribution >= 4 is 12.4 Å². The molecular weight excluding hydrogens is 286 g/mol. The first-order valence-corrected chi connectivity index (χ1v) is 8.66. The van der Waals surface area contributed by atoms with E-state index in [1.165, 1.54) is 51.7 Å². The highest BCUT2D eigenvalue weighted by Gasteiger charge is 2.36. The lowest BCUT2D eigenvalue weighted by Crippen LogP contribution is -2.55. The van der Waals surface area contributed by atoms with Crippen molar-refractivity contribution in [1.82, 2.24) is 15.5 Å². The second-order valence-corrected chi connectivity index (χ2v) is 6.74. The third-order valence-electron chi connectivity index (χ3n) is 5.44. The van der Waals surface area contributed by atoms with Crippen LogP contribution in [-0.4, -0.2) is 62.4 Å². The van der Waals surface area contributed by atoms with Crippen LogP contribution in [-0.2, 0) is 4.74 Å². The first-order chi connectivity index (χ1) is 9.86. The standard InChI is InChI=1S/C16H31N3O.ClH/c1-2-19-9-4-5-13(11-19)18-15-7-3-6-14(15)16-12-20-10-8-17-16;/h13-18H,2-12H2,1H3;1H. The molecule has 0 bridgehead atoms. The van der Waals surface area contributed by atoms with Crippen LogP contribution in [0.5, 0.6) is 0 Å². The molecule has 2 N–H and O–H groups in total. The number of rotatable bonds is 4. The molecule has 0 spiro atoms. The third kappa shape index (κ3) is 4.55. The number of halogens is 1. The van der Waals surface area contributed by atoms with Crippen LogP contribution in [0.15, 0.2) is 0 Å². The zero-order valence-electron chi connectivity index (χ0n) is 13.4. The first kappa shape index (κ1) is 17.5. The van der Waals surface area contributed by atoms with Gasteiger partial charge in [0.2, 0.25) is 0 Å². The van der Waals surface area contributed by atoms with Crippen molar-refractivity contribution < 1.29 is 4.74 Å². The van der Waals surface area contributed by atoms with E-state index >= 15 is 0 Å². The molecule has 1 aliphatic carbocycles. The number of hydrogen-bond acceptors (Lipinski definition) is 4. The summed E-state index contributed by atoms with van der Waals surface area (Å²) < 4.78 is 5.67. The minimum atomic E-state index is 0. The lowest BCUT2D eigenvalue weighted by molar-refractivity contribution is 0.0504. The van der Waals surface area contributed by atoms with Gasteiger partial charge in [-0.3, -0.25) is 0 Å². The summed E-state index contributed by atoms with van der Waals surface area (Å²) in [5, 5.41) is 7.67. The van der Waals surface area contributed by atoms with E-state index in [1.807, 2.05) is 0 Å². The van der Waals surface area contributed by atoms with Gasteiger partial charge in [-0.2, -0.15) is 0 Å². The third-order valence-corrected chi connectivity index (χ3v) is 5.44. The van der Waals surface area contributed by atoms with Crippen LogP contribution >= 0.6 is 12.4 Å². The molecule has 2 saturated heterocycles. The molecule has 5 heteroatoms. The number of morpholine rings is 1. The predicted octanol–water partition coefficient (Wildman–Crippen LogP) is 1.64. The molecule has 2 aliphatic heterocycles. The van der Waals surface area contributed by atoms with Crippen molar-refractivity contribution in [2.24, 2.45) is 5.92 Å². The number of likely N-dealkylation sites (tertiary alicyclic amines) is 1. The van der Waals surface area contributed by atoms with Crippen molar-refractivity contribution in [1.29, 1.82) is 0 Å². The first-order valence-electron chi connectivity index (χ1n) is 8.66. The van der Waals surface area contributed by atoms with Gasteiger partial charge in [-0.25, -0.2) is 0 Å². The van der Waals surface area contributed by atoms with Gasteiger partial charge >= 0.3 is 0 Å². The molecular formula is C16H32ClN3O. The Morgan fingerprint density at radius 1 is 1.24 bits per heavy atom. The maximum Gasteiger partial charge on any atom is 0.0623 e. The maximum atomic E-state index is 5.67. The number of nitrogens with zero attached hydrogens (tertiary/aromatic N) is 1. The van der Waals surface area contributed by atoms with Gasteiger partial charge in [-0.1, -0.05) is 13.3 Å². The highest BCUT2D eigenvalue weighted by Crippen LogP contribution is 2.30. The molecule has 3 fully saturated rings. The molecule has 4 nitrogen and oxygen atoms in total. The van der Waals surface area contributed by atoms with E-state index < -0.39 is 0 Å². The van der Waals surface area contributed by atoms with E-state index in [4.69, 9.17) is 4.74 Å². The molecule has 2 heterocycles. The molecule has 4 atom stereocenters. The monoisotopic (exact) mass is 317 g/mol. The normalized spacial score (nSPS) is 38.1. The lowest BCUT2D eigenvalue weighted by atomic mass is 9.92. The minimum absolute atomic E-state index is 0. The fourth-order valence-electron chi connectivity index (χ4n) is 4.32. The SMILES string of the molecule is CCN1CCCC(NC2CCCC2C2COCCN2)C1.Cl. The van der Waals surface area contributed by atoms with Gasteiger partial charge in [-0.05, 0) is 44.7 Å². The fraction of sp³-hybridized carbons (Fsp3) is 1.00. The zero-order valence-corrected chi connectivity index (χ0v) is 14.2. The van der Waals surface area contributed by atoms with Crippen molar-refractivity contribution in [3.63, 3.8) is 0 Å². The van der Waals surface area contributed by atoms with Gasteiger partial charge in [0.05, 0.1) is 13.2 Å². The summed E-state index contributed by atoms with van der Waals surface area (Å²) in [5.41, 5.74) is 0.